The van der Waals surface area contributed by atoms with Crippen LogP contribution in [0, 0.1) is 40.5 Å². The number of carbonyl (C=O) groups excluding carboxylic acids is 2. The first-order valence-electron chi connectivity index (χ1n) is 26.8. The minimum atomic E-state index is -1.36. The monoisotopic (exact) mass is 1170 g/mol. The number of nitrogens with two attached hydrogens (primary N) is 1. The highest BCUT2D eigenvalue weighted by Gasteiger charge is 2.44. The number of fused-ring (bicyclic) bond motifs is 4. The largest absolute Gasteiger partial charge is 0.486 e. The third-order valence-electron chi connectivity index (χ3n) is 15.6. The Kier molecular flexibility index (Phi) is 16.0. The number of nitrogens with one attached hydrogen (secondary N) is 2. The first-order chi connectivity index (χ1) is 39.9. The van der Waals surface area contributed by atoms with E-state index in [-0.39, 0.29) is 93.3 Å². The smallest absolute Gasteiger partial charge is 0.319 e. The molecule has 6 N–H and O–H groups in total. The number of carbonyl (C=O) groups is 2. The number of halogens is 5. The van der Waals surface area contributed by atoms with Crippen LogP contribution in [0.25, 0.3) is 54.5 Å². The lowest BCUT2D eigenvalue weighted by Crippen LogP contribution is -2.50. The lowest BCUT2D eigenvalue weighted by atomic mass is 9.96. The fourth-order valence-electron chi connectivity index (χ4n) is 11.3. The van der Waals surface area contributed by atoms with Crippen LogP contribution in [0.15, 0.2) is 85.1 Å². The van der Waals surface area contributed by atoms with Crippen LogP contribution in [-0.2, 0) is 20.9 Å². The van der Waals surface area contributed by atoms with Gasteiger partial charge in [-0.2, -0.15) is 15.2 Å². The van der Waals surface area contributed by atoms with Crippen LogP contribution in [0.5, 0.6) is 11.8 Å². The Morgan fingerprint density at radius 3 is 2.37 bits per heavy atom. The summed E-state index contributed by atoms with van der Waals surface area (Å²) in [4.78, 5) is 41.9. The van der Waals surface area contributed by atoms with Crippen molar-refractivity contribution in [1.29, 1.82) is 5.26 Å². The van der Waals surface area contributed by atoms with Crippen LogP contribution < -0.4 is 30.7 Å². The highest BCUT2D eigenvalue weighted by atomic mass is 35.5. The van der Waals surface area contributed by atoms with Crippen molar-refractivity contribution in [3.8, 4) is 51.3 Å². The number of piperazine rings is 1. The zero-order valence-corrected chi connectivity index (χ0v) is 46.8. The number of benzene rings is 5. The molecule has 5 aromatic carbocycles. The summed E-state index contributed by atoms with van der Waals surface area (Å²) in [5.74, 6) is -4.81. The molecule has 3 aliphatic rings. The number of thiophene rings is 1. The first-order valence-corrected chi connectivity index (χ1v) is 28.0. The molecule has 24 heteroatoms. The number of β-amino-alcohol motifs (C(OH)–C–C–N with tert-alkyl or cyclic N) is 1. The molecular weight excluding hydrogens is 1120 g/mol. The number of anilines is 2. The number of likely N-dealkylation sites (tertiary alicyclic amines) is 1. The Morgan fingerprint density at radius 2 is 1.69 bits per heavy atom. The van der Waals surface area contributed by atoms with Crippen molar-refractivity contribution in [3.63, 3.8) is 0 Å². The van der Waals surface area contributed by atoms with Gasteiger partial charge in [0.05, 0.1) is 51.9 Å². The molecule has 8 aromatic rings. The van der Waals surface area contributed by atoms with Crippen molar-refractivity contribution in [3.05, 3.63) is 130 Å². The molecule has 18 nitrogen and oxygen atoms in total. The molecule has 0 saturated carbocycles. The van der Waals surface area contributed by atoms with Gasteiger partial charge in [0, 0.05) is 67.1 Å². The summed E-state index contributed by atoms with van der Waals surface area (Å²) in [6, 6.07) is 18.5. The number of rotatable bonds is 18. The average molecular weight is 1170 g/mol. The predicted molar refractivity (Wildman–Crippen MR) is 303 cm³/mol. The van der Waals surface area contributed by atoms with Crippen LogP contribution in [-0.4, -0.2) is 122 Å². The van der Waals surface area contributed by atoms with E-state index in [1.807, 2.05) is 45.0 Å². The fraction of sp³-hybridized carbons (Fsp3) is 0.339. The van der Waals surface area contributed by atoms with Gasteiger partial charge in [0.15, 0.2) is 17.4 Å². The summed E-state index contributed by atoms with van der Waals surface area (Å²) in [5, 5.41) is 47.9. The Bertz CT molecular complexity index is 3850. The van der Waals surface area contributed by atoms with Crippen LogP contribution in [0.4, 0.5) is 28.4 Å². The standard InChI is InChI=1S/C59H56ClF4N11O7S/c1-28(2)52(58(79)74-23-36(77)18-46(74)57(78)68-45(25-76)32-9-11-33(12-10-32)47-41(61)15-16-42(62)50(47)64)75-24-44(71-72-75)31-7-5-30(6-8-31)27-81-53-49(37-13-14-43(63)54-48(37)39(20-65)55(66)83-54)40(60)19-38-51(53)69-59(82-26-29(3)80-4)70-56(38)73-22-34-17-35(73)21-67-34/h5-16,19,24,28-29,34-36,45-46,52,67,76-77H,17-18,21-23,25-27,66H2,1-4H3,(H,68,78)/t29?,34-,35-,36+,45-,46?,52?/m0/s1. The Balaban J connectivity index is 0.858. The minimum absolute atomic E-state index is 0.0318. The van der Waals surface area contributed by atoms with Crippen molar-refractivity contribution in [2.24, 2.45) is 5.92 Å². The van der Waals surface area contributed by atoms with Crippen molar-refractivity contribution >= 4 is 66.6 Å². The number of nitriles is 1. The lowest BCUT2D eigenvalue weighted by Gasteiger charge is -2.30. The molecule has 3 aromatic heterocycles. The van der Waals surface area contributed by atoms with Gasteiger partial charge in [0.25, 0.3) is 0 Å². The summed E-state index contributed by atoms with van der Waals surface area (Å²) in [6.45, 7) is 6.29. The van der Waals surface area contributed by atoms with Gasteiger partial charge in [0.1, 0.15) is 65.0 Å². The van der Waals surface area contributed by atoms with Gasteiger partial charge in [-0.15, -0.1) is 16.4 Å². The van der Waals surface area contributed by atoms with E-state index in [4.69, 9.17) is 41.5 Å². The first kappa shape index (κ1) is 56.9. The molecule has 0 aliphatic carbocycles. The Labute approximate surface area is 482 Å². The predicted octanol–water partition coefficient (Wildman–Crippen LogP) is 8.65. The second kappa shape index (κ2) is 23.3. The molecule has 11 rings (SSSR count). The fourth-order valence-corrected chi connectivity index (χ4v) is 12.5. The maximum Gasteiger partial charge on any atom is 0.319 e. The second-order valence-electron chi connectivity index (χ2n) is 21.3. The average Bonchev–Trinajstić information content (AvgIpc) is 2.54. The van der Waals surface area contributed by atoms with E-state index in [1.165, 1.54) is 39.9 Å². The zero-order chi connectivity index (χ0) is 58.5. The quantitative estimate of drug-likeness (QED) is 0.0399. The number of amides is 2. The maximum absolute atomic E-state index is 15.6. The Morgan fingerprint density at radius 1 is 0.952 bits per heavy atom. The van der Waals surface area contributed by atoms with Crippen molar-refractivity contribution in [2.75, 3.05) is 50.6 Å². The SMILES string of the molecule is COC(C)COc1nc(N2C[C@@H]3C[C@H]2CN3)c2cc(Cl)c(-c3ccc(F)c4sc(N)c(C#N)c34)c(OCc3ccc(-c4cn(C(C(=O)N5C[C@H](O)CC5C(=O)N[C@@H](CO)c5ccc(-c6c(F)ccc(F)c6F)cc5)C(C)C)nn4)cc3)c2n1. The molecular formula is C59H56ClF4N11O7S. The molecule has 83 heavy (non-hydrogen) atoms. The molecule has 3 saturated heterocycles. The molecule has 2 amide bonds. The van der Waals surface area contributed by atoms with Crippen LogP contribution in [0.3, 0.4) is 0 Å². The summed E-state index contributed by atoms with van der Waals surface area (Å²) in [6.07, 6.45) is 1.11. The highest BCUT2D eigenvalue weighted by molar-refractivity contribution is 7.23. The maximum atomic E-state index is 15.6. The summed E-state index contributed by atoms with van der Waals surface area (Å²) >= 11 is 8.32. The van der Waals surface area contributed by atoms with E-state index in [1.54, 1.807) is 25.4 Å². The number of nitrogen functional groups attached to an aromatic ring is 1. The normalized spacial score (nSPS) is 18.7. The van der Waals surface area contributed by atoms with E-state index < -0.39 is 71.5 Å². The molecule has 7 atom stereocenters. The molecule has 3 fully saturated rings. The number of ether oxygens (including phenoxy) is 3. The molecule has 0 radical (unpaired) electrons. The molecule has 2 bridgehead atoms. The molecule has 3 aliphatic heterocycles. The van der Waals surface area contributed by atoms with E-state index in [0.717, 1.165) is 30.4 Å². The van der Waals surface area contributed by atoms with E-state index >= 15 is 4.39 Å². The number of aliphatic hydroxyl groups is 2. The number of aliphatic hydroxyl groups excluding tert-OH is 2. The van der Waals surface area contributed by atoms with Gasteiger partial charge < -0.3 is 50.6 Å². The van der Waals surface area contributed by atoms with Crippen molar-refractivity contribution < 1.29 is 51.6 Å². The molecule has 3 unspecified atom stereocenters. The van der Waals surface area contributed by atoms with Gasteiger partial charge in [-0.1, -0.05) is 85.3 Å². The molecule has 0 spiro atoms. The van der Waals surface area contributed by atoms with Gasteiger partial charge >= 0.3 is 6.01 Å². The third-order valence-corrected chi connectivity index (χ3v) is 16.9. The number of hydrogen-bond acceptors (Lipinski definition) is 16. The zero-order valence-electron chi connectivity index (χ0n) is 45.2. The number of nitrogens with zero attached hydrogens (tertiary/aromatic N) is 8. The third kappa shape index (κ3) is 10.9. The number of hydrogen-bond donors (Lipinski definition) is 5. The molecule has 6 heterocycles. The van der Waals surface area contributed by atoms with Gasteiger partial charge in [-0.05, 0) is 65.8 Å². The lowest BCUT2D eigenvalue weighted by molar-refractivity contribution is -0.142. The minimum Gasteiger partial charge on any atom is -0.486 e. The van der Waals surface area contributed by atoms with Gasteiger partial charge in [-0.3, -0.25) is 9.59 Å². The summed E-state index contributed by atoms with van der Waals surface area (Å²) in [7, 11) is 1.58. The van der Waals surface area contributed by atoms with E-state index in [9.17, 15) is 38.2 Å². The van der Waals surface area contributed by atoms with Crippen LogP contribution in [0.1, 0.15) is 62.4 Å². The van der Waals surface area contributed by atoms with Crippen molar-refractivity contribution in [1.82, 2.24) is 40.5 Å². The van der Waals surface area contributed by atoms with Gasteiger partial charge in [0.2, 0.25) is 11.8 Å². The second-order valence-corrected chi connectivity index (χ2v) is 22.7. The van der Waals surface area contributed by atoms with Gasteiger partial charge in [-0.25, -0.2) is 22.2 Å². The number of methoxy groups -OCH3 is 1. The van der Waals surface area contributed by atoms with Crippen molar-refractivity contribution in [2.45, 2.75) is 82.6 Å². The van der Waals surface area contributed by atoms with E-state index in [2.05, 4.69) is 31.9 Å². The summed E-state index contributed by atoms with van der Waals surface area (Å²) in [5.41, 5.74) is 9.13. The summed E-state index contributed by atoms with van der Waals surface area (Å²) < 4.78 is 78.7. The topological polar surface area (TPSA) is 239 Å². The number of aromatic nitrogens is 5. The van der Waals surface area contributed by atoms with Crippen LogP contribution in [0.2, 0.25) is 5.02 Å². The van der Waals surface area contributed by atoms with Crippen LogP contribution >= 0.6 is 22.9 Å². The Hall–Kier alpha value is -7.98. The highest BCUT2D eigenvalue weighted by Crippen LogP contribution is 2.50. The molecule has 430 valence electrons. The van der Waals surface area contributed by atoms with E-state index in [0.29, 0.717) is 62.8 Å².